The lowest BCUT2D eigenvalue weighted by Gasteiger charge is -2.04. The molecule has 2 aromatic rings. The number of hydrogen-bond acceptors (Lipinski definition) is 2. The number of aromatic nitrogens is 2. The third kappa shape index (κ3) is 2.31. The molecule has 0 saturated carbocycles. The third-order valence-corrected chi connectivity index (χ3v) is 2.97. The summed E-state index contributed by atoms with van der Waals surface area (Å²) >= 11 is 0. The lowest BCUT2D eigenvalue weighted by atomic mass is 10.1. The fraction of sp³-hybridized carbons (Fsp3) is 0.286. The van der Waals surface area contributed by atoms with E-state index in [9.17, 15) is 14.7 Å². The number of benzene rings is 1. The maximum atomic E-state index is 12.2. The number of H-pyrrole nitrogens is 1. The normalized spacial score (nSPS) is 10.9. The molecule has 0 amide bonds. The molecule has 0 saturated heterocycles. The second kappa shape index (κ2) is 4.76. The first kappa shape index (κ1) is 13.1. The lowest BCUT2D eigenvalue weighted by Crippen LogP contribution is -2.20. The van der Waals surface area contributed by atoms with Crippen LogP contribution in [0.2, 0.25) is 0 Å². The van der Waals surface area contributed by atoms with Gasteiger partial charge >= 0.3 is 5.97 Å². The van der Waals surface area contributed by atoms with Gasteiger partial charge in [0.25, 0.3) is 5.56 Å². The Kier molecular flexibility index (Phi) is 3.29. The van der Waals surface area contributed by atoms with Crippen molar-refractivity contribution in [2.24, 2.45) is 0 Å². The van der Waals surface area contributed by atoms with Gasteiger partial charge in [-0.15, -0.1) is 0 Å². The fourth-order valence-electron chi connectivity index (χ4n) is 2.03. The van der Waals surface area contributed by atoms with Crippen LogP contribution in [-0.2, 0) is 0 Å². The Hall–Kier alpha value is -2.30. The molecule has 0 atom stereocenters. The third-order valence-electron chi connectivity index (χ3n) is 2.97. The molecule has 0 aliphatic heterocycles. The summed E-state index contributed by atoms with van der Waals surface area (Å²) in [5.74, 6) is -1.26. The Morgan fingerprint density at radius 3 is 2.53 bits per heavy atom. The highest BCUT2D eigenvalue weighted by molar-refractivity contribution is 5.88. The first-order valence-corrected chi connectivity index (χ1v) is 6.07. The van der Waals surface area contributed by atoms with E-state index in [1.807, 2.05) is 39.0 Å². The number of nitrogens with zero attached hydrogens (tertiary/aromatic N) is 1. The van der Waals surface area contributed by atoms with Crippen LogP contribution in [0.15, 0.2) is 29.1 Å². The molecule has 1 aromatic carbocycles. The fourth-order valence-corrected chi connectivity index (χ4v) is 2.03. The molecule has 1 heterocycles. The van der Waals surface area contributed by atoms with Crippen LogP contribution in [-0.4, -0.2) is 20.9 Å². The average molecular weight is 260 g/mol. The Morgan fingerprint density at radius 2 is 2.05 bits per heavy atom. The van der Waals surface area contributed by atoms with E-state index in [2.05, 4.69) is 5.10 Å². The van der Waals surface area contributed by atoms with Crippen molar-refractivity contribution in [1.29, 1.82) is 0 Å². The largest absolute Gasteiger partial charge is 0.477 e. The Labute approximate surface area is 110 Å². The number of aromatic carboxylic acids is 1. The molecular formula is C14H16N2O3. The number of rotatable bonds is 3. The van der Waals surface area contributed by atoms with Crippen molar-refractivity contribution in [2.45, 2.75) is 26.7 Å². The van der Waals surface area contributed by atoms with Gasteiger partial charge in [-0.1, -0.05) is 26.0 Å². The lowest BCUT2D eigenvalue weighted by molar-refractivity contribution is 0.0694. The summed E-state index contributed by atoms with van der Waals surface area (Å²) in [7, 11) is 0. The molecule has 5 nitrogen and oxygen atoms in total. The minimum Gasteiger partial charge on any atom is -0.477 e. The zero-order valence-electron chi connectivity index (χ0n) is 11.1. The van der Waals surface area contributed by atoms with Crippen molar-refractivity contribution >= 4 is 5.97 Å². The van der Waals surface area contributed by atoms with Crippen molar-refractivity contribution < 1.29 is 9.90 Å². The molecule has 100 valence electrons. The van der Waals surface area contributed by atoms with Gasteiger partial charge < -0.3 is 5.11 Å². The van der Waals surface area contributed by atoms with Crippen molar-refractivity contribution in [2.75, 3.05) is 0 Å². The SMILES string of the molecule is Cc1cccc(-n2[nH]c(C(C)C)c(C(=O)O)c2=O)c1. The van der Waals surface area contributed by atoms with E-state index in [4.69, 9.17) is 0 Å². The van der Waals surface area contributed by atoms with Crippen LogP contribution in [0.3, 0.4) is 0 Å². The van der Waals surface area contributed by atoms with Crippen LogP contribution >= 0.6 is 0 Å². The first-order valence-electron chi connectivity index (χ1n) is 6.07. The summed E-state index contributed by atoms with van der Waals surface area (Å²) in [6.07, 6.45) is 0. The standard InChI is InChI=1S/C14H16N2O3/c1-8(2)12-11(14(18)19)13(17)16(15-12)10-6-4-5-9(3)7-10/h4-8,15H,1-3H3,(H,18,19). The van der Waals surface area contributed by atoms with Crippen LogP contribution in [0.25, 0.3) is 5.69 Å². The second-order valence-electron chi connectivity index (χ2n) is 4.84. The Morgan fingerprint density at radius 1 is 1.37 bits per heavy atom. The van der Waals surface area contributed by atoms with Crippen LogP contribution in [0.1, 0.15) is 41.4 Å². The summed E-state index contributed by atoms with van der Waals surface area (Å²) in [6, 6.07) is 7.33. The zero-order chi connectivity index (χ0) is 14.2. The van der Waals surface area contributed by atoms with Gasteiger partial charge in [0.1, 0.15) is 5.56 Å². The molecule has 0 unspecified atom stereocenters. The summed E-state index contributed by atoms with van der Waals surface area (Å²) in [4.78, 5) is 23.4. The molecule has 0 bridgehead atoms. The van der Waals surface area contributed by atoms with Crippen LogP contribution in [0.5, 0.6) is 0 Å². The number of aromatic amines is 1. The molecule has 0 aliphatic carbocycles. The molecule has 0 aliphatic rings. The predicted molar refractivity (Wildman–Crippen MR) is 72.2 cm³/mol. The smallest absolute Gasteiger partial charge is 0.343 e. The maximum absolute atomic E-state index is 12.2. The number of aryl methyl sites for hydroxylation is 1. The highest BCUT2D eigenvalue weighted by Gasteiger charge is 2.22. The first-order chi connectivity index (χ1) is 8.91. The van der Waals surface area contributed by atoms with E-state index < -0.39 is 11.5 Å². The van der Waals surface area contributed by atoms with Crippen LogP contribution < -0.4 is 5.56 Å². The monoisotopic (exact) mass is 260 g/mol. The van der Waals surface area contributed by atoms with Gasteiger partial charge in [-0.3, -0.25) is 9.89 Å². The van der Waals surface area contributed by atoms with Gasteiger partial charge in [0.2, 0.25) is 0 Å². The van der Waals surface area contributed by atoms with E-state index in [-0.39, 0.29) is 11.5 Å². The van der Waals surface area contributed by atoms with E-state index in [1.54, 1.807) is 6.07 Å². The number of carboxylic acids is 1. The number of hydrogen-bond donors (Lipinski definition) is 2. The van der Waals surface area contributed by atoms with E-state index in [0.717, 1.165) is 5.56 Å². The highest BCUT2D eigenvalue weighted by atomic mass is 16.4. The topological polar surface area (TPSA) is 75.1 Å². The average Bonchev–Trinajstić information content (AvgIpc) is 2.67. The predicted octanol–water partition coefficient (Wildman–Crippen LogP) is 2.30. The molecular weight excluding hydrogens is 244 g/mol. The minimum absolute atomic E-state index is 0.0649. The highest BCUT2D eigenvalue weighted by Crippen LogP contribution is 2.16. The summed E-state index contributed by atoms with van der Waals surface area (Å²) in [6.45, 7) is 5.61. The van der Waals surface area contributed by atoms with Crippen LogP contribution in [0.4, 0.5) is 0 Å². The summed E-state index contributed by atoms with van der Waals surface area (Å²) in [5.41, 5.74) is 1.37. The summed E-state index contributed by atoms with van der Waals surface area (Å²) < 4.78 is 1.28. The number of carboxylic acid groups (broad SMARTS) is 1. The Balaban J connectivity index is 2.70. The summed E-state index contributed by atoms with van der Waals surface area (Å²) in [5, 5.41) is 12.1. The quantitative estimate of drug-likeness (QED) is 0.889. The van der Waals surface area contributed by atoms with Gasteiger partial charge in [-0.05, 0) is 30.5 Å². The molecule has 0 fully saturated rings. The molecule has 2 N–H and O–H groups in total. The molecule has 5 heteroatoms. The van der Waals surface area contributed by atoms with Gasteiger partial charge in [0.05, 0.1) is 11.4 Å². The molecule has 19 heavy (non-hydrogen) atoms. The Bertz CT molecular complexity index is 680. The molecule has 2 rings (SSSR count). The van der Waals surface area contributed by atoms with Gasteiger partial charge in [0.15, 0.2) is 0 Å². The zero-order valence-corrected chi connectivity index (χ0v) is 11.1. The van der Waals surface area contributed by atoms with Crippen molar-refractivity contribution in [1.82, 2.24) is 9.78 Å². The number of carbonyl (C=O) groups is 1. The second-order valence-corrected chi connectivity index (χ2v) is 4.84. The van der Waals surface area contributed by atoms with Crippen LogP contribution in [0, 0.1) is 6.92 Å². The van der Waals surface area contributed by atoms with Gasteiger partial charge in [-0.25, -0.2) is 9.48 Å². The molecule has 0 radical (unpaired) electrons. The van der Waals surface area contributed by atoms with Crippen molar-refractivity contribution in [3.63, 3.8) is 0 Å². The molecule has 1 aromatic heterocycles. The van der Waals surface area contributed by atoms with Crippen molar-refractivity contribution in [3.05, 3.63) is 51.4 Å². The van der Waals surface area contributed by atoms with E-state index in [1.165, 1.54) is 4.68 Å². The molecule has 0 spiro atoms. The minimum atomic E-state index is -1.20. The van der Waals surface area contributed by atoms with Gasteiger partial charge in [-0.2, -0.15) is 0 Å². The van der Waals surface area contributed by atoms with E-state index in [0.29, 0.717) is 11.4 Å². The van der Waals surface area contributed by atoms with Gasteiger partial charge in [0, 0.05) is 0 Å². The van der Waals surface area contributed by atoms with E-state index >= 15 is 0 Å². The maximum Gasteiger partial charge on any atom is 0.343 e. The van der Waals surface area contributed by atoms with Crippen molar-refractivity contribution in [3.8, 4) is 5.69 Å². The number of nitrogens with one attached hydrogen (secondary N) is 1.